The maximum atomic E-state index is 11.8. The van der Waals surface area contributed by atoms with Gasteiger partial charge in [-0.1, -0.05) is 26.8 Å². The molecule has 0 bridgehead atoms. The van der Waals surface area contributed by atoms with Crippen molar-refractivity contribution in [2.75, 3.05) is 0 Å². The zero-order chi connectivity index (χ0) is 14.0. The van der Waals surface area contributed by atoms with Crippen LogP contribution in [0.5, 0.6) is 0 Å². The van der Waals surface area contributed by atoms with Crippen LogP contribution in [0.3, 0.4) is 0 Å². The molecule has 0 aliphatic carbocycles. The van der Waals surface area contributed by atoms with Gasteiger partial charge in [0.1, 0.15) is 5.76 Å². The molecular formula is C14H22N2O2. The summed E-state index contributed by atoms with van der Waals surface area (Å²) < 4.78 is 5.59. The second-order valence-corrected chi connectivity index (χ2v) is 5.98. The fraction of sp³-hybridized carbons (Fsp3) is 0.571. The zero-order valence-electron chi connectivity index (χ0n) is 11.8. The number of carbonyl (C=O) groups is 1. The fourth-order valence-corrected chi connectivity index (χ4v) is 1.22. The summed E-state index contributed by atoms with van der Waals surface area (Å²) in [4.78, 5) is 16.0. The molecule has 18 heavy (non-hydrogen) atoms. The van der Waals surface area contributed by atoms with Crippen molar-refractivity contribution in [2.45, 2.75) is 46.6 Å². The van der Waals surface area contributed by atoms with Gasteiger partial charge in [-0.05, 0) is 13.8 Å². The maximum Gasteiger partial charge on any atom is 0.229 e. The molecule has 1 aromatic rings. The van der Waals surface area contributed by atoms with Crippen molar-refractivity contribution in [2.24, 2.45) is 5.41 Å². The first-order valence-electron chi connectivity index (χ1n) is 6.04. The van der Waals surface area contributed by atoms with E-state index in [0.29, 0.717) is 12.4 Å². The quantitative estimate of drug-likeness (QED) is 0.836. The van der Waals surface area contributed by atoms with Crippen LogP contribution in [0.1, 0.15) is 46.3 Å². The molecule has 1 heterocycles. The maximum absolute atomic E-state index is 11.8. The van der Waals surface area contributed by atoms with Crippen LogP contribution in [0.2, 0.25) is 0 Å². The largest absolute Gasteiger partial charge is 0.443 e. The third kappa shape index (κ3) is 3.45. The minimum atomic E-state index is -0.584. The van der Waals surface area contributed by atoms with Crippen LogP contribution in [-0.4, -0.2) is 10.9 Å². The van der Waals surface area contributed by atoms with Crippen molar-refractivity contribution in [1.29, 1.82) is 0 Å². The van der Waals surface area contributed by atoms with Gasteiger partial charge in [0.2, 0.25) is 11.8 Å². The van der Waals surface area contributed by atoms with Crippen LogP contribution in [0.15, 0.2) is 23.3 Å². The minimum Gasteiger partial charge on any atom is -0.443 e. The molecule has 1 N–H and O–H groups in total. The monoisotopic (exact) mass is 250 g/mol. The lowest BCUT2D eigenvalue weighted by Crippen LogP contribution is -2.35. The zero-order valence-corrected chi connectivity index (χ0v) is 11.8. The molecule has 0 atom stereocenters. The molecule has 0 unspecified atom stereocenters. The van der Waals surface area contributed by atoms with Gasteiger partial charge in [0.15, 0.2) is 0 Å². The van der Waals surface area contributed by atoms with E-state index < -0.39 is 5.41 Å². The lowest BCUT2D eigenvalue weighted by Gasteiger charge is -2.18. The highest BCUT2D eigenvalue weighted by molar-refractivity contribution is 5.83. The van der Waals surface area contributed by atoms with Crippen LogP contribution in [0, 0.1) is 5.41 Å². The summed E-state index contributed by atoms with van der Waals surface area (Å²) in [7, 11) is 0. The van der Waals surface area contributed by atoms with Crippen molar-refractivity contribution in [3.63, 3.8) is 0 Å². The van der Waals surface area contributed by atoms with Gasteiger partial charge in [0, 0.05) is 5.41 Å². The van der Waals surface area contributed by atoms with Gasteiger partial charge in [-0.25, -0.2) is 4.98 Å². The molecule has 0 aliphatic heterocycles. The molecule has 1 rings (SSSR count). The van der Waals surface area contributed by atoms with Crippen LogP contribution in [-0.2, 0) is 16.8 Å². The van der Waals surface area contributed by atoms with Gasteiger partial charge in [-0.2, -0.15) is 0 Å². The highest BCUT2D eigenvalue weighted by Crippen LogP contribution is 2.22. The summed E-state index contributed by atoms with van der Waals surface area (Å²) in [5.74, 6) is 1.25. The van der Waals surface area contributed by atoms with E-state index in [1.165, 1.54) is 0 Å². The first kappa shape index (κ1) is 14.5. The van der Waals surface area contributed by atoms with Gasteiger partial charge in [0.25, 0.3) is 0 Å². The highest BCUT2D eigenvalue weighted by Gasteiger charge is 2.24. The number of hydrogen-bond acceptors (Lipinski definition) is 3. The Labute approximate surface area is 108 Å². The van der Waals surface area contributed by atoms with E-state index in [2.05, 4.69) is 37.7 Å². The molecule has 0 saturated carbocycles. The Morgan fingerprint density at radius 3 is 2.50 bits per heavy atom. The average Bonchev–Trinajstić information content (AvgIpc) is 2.74. The van der Waals surface area contributed by atoms with E-state index in [0.717, 1.165) is 5.76 Å². The molecule has 4 nitrogen and oxygen atoms in total. The minimum absolute atomic E-state index is 0.0738. The van der Waals surface area contributed by atoms with E-state index >= 15 is 0 Å². The molecule has 0 aromatic carbocycles. The van der Waals surface area contributed by atoms with Crippen LogP contribution in [0.25, 0.3) is 0 Å². The van der Waals surface area contributed by atoms with Gasteiger partial charge < -0.3 is 9.73 Å². The summed E-state index contributed by atoms with van der Waals surface area (Å²) in [6, 6.07) is 0. The Balaban J connectivity index is 2.63. The average molecular weight is 250 g/mol. The highest BCUT2D eigenvalue weighted by atomic mass is 16.4. The predicted molar refractivity (Wildman–Crippen MR) is 71.0 cm³/mol. The summed E-state index contributed by atoms with van der Waals surface area (Å²) in [6.45, 7) is 13.7. The smallest absolute Gasteiger partial charge is 0.229 e. The van der Waals surface area contributed by atoms with Crippen LogP contribution >= 0.6 is 0 Å². The van der Waals surface area contributed by atoms with E-state index in [9.17, 15) is 4.79 Å². The summed E-state index contributed by atoms with van der Waals surface area (Å²) in [5, 5.41) is 2.79. The molecule has 1 amide bonds. The van der Waals surface area contributed by atoms with Crippen molar-refractivity contribution < 1.29 is 9.21 Å². The second kappa shape index (κ2) is 4.96. The topological polar surface area (TPSA) is 55.1 Å². The van der Waals surface area contributed by atoms with E-state index in [1.54, 1.807) is 12.3 Å². The van der Waals surface area contributed by atoms with Crippen molar-refractivity contribution in [3.05, 3.63) is 30.5 Å². The fourth-order valence-electron chi connectivity index (χ4n) is 1.22. The third-order valence-electron chi connectivity index (χ3n) is 2.79. The second-order valence-electron chi connectivity index (χ2n) is 5.98. The summed E-state index contributed by atoms with van der Waals surface area (Å²) in [6.07, 6.45) is 3.33. The van der Waals surface area contributed by atoms with E-state index in [1.807, 2.05) is 13.8 Å². The number of aromatic nitrogens is 1. The van der Waals surface area contributed by atoms with E-state index in [4.69, 9.17) is 4.42 Å². The number of amides is 1. The Kier molecular flexibility index (Phi) is 3.99. The molecule has 4 heteroatoms. The Morgan fingerprint density at radius 2 is 2.06 bits per heavy atom. The lowest BCUT2D eigenvalue weighted by atomic mass is 9.93. The number of hydrogen-bond donors (Lipinski definition) is 1. The molecule has 0 spiro atoms. The number of nitrogens with zero attached hydrogens (tertiary/aromatic N) is 1. The van der Waals surface area contributed by atoms with Gasteiger partial charge in [-0.15, -0.1) is 6.58 Å². The Morgan fingerprint density at radius 1 is 1.44 bits per heavy atom. The van der Waals surface area contributed by atoms with Crippen molar-refractivity contribution in [1.82, 2.24) is 10.3 Å². The third-order valence-corrected chi connectivity index (χ3v) is 2.79. The molecule has 0 aliphatic rings. The SMILES string of the molecule is C=CC(C)(C)C(=O)NCc1ncc(C(C)(C)C)o1. The van der Waals surface area contributed by atoms with Gasteiger partial charge in [0.05, 0.1) is 18.2 Å². The first-order valence-corrected chi connectivity index (χ1v) is 6.04. The molecule has 100 valence electrons. The van der Waals surface area contributed by atoms with Crippen molar-refractivity contribution in [3.8, 4) is 0 Å². The van der Waals surface area contributed by atoms with Crippen LogP contribution < -0.4 is 5.32 Å². The number of carbonyl (C=O) groups excluding carboxylic acids is 1. The number of oxazole rings is 1. The Bertz CT molecular complexity index is 439. The molecule has 0 radical (unpaired) electrons. The summed E-state index contributed by atoms with van der Waals surface area (Å²) >= 11 is 0. The van der Waals surface area contributed by atoms with E-state index in [-0.39, 0.29) is 11.3 Å². The summed E-state index contributed by atoms with van der Waals surface area (Å²) in [5.41, 5.74) is -0.658. The molecule has 1 aromatic heterocycles. The van der Waals surface area contributed by atoms with Gasteiger partial charge >= 0.3 is 0 Å². The molecule has 0 saturated heterocycles. The number of rotatable bonds is 4. The standard InChI is InChI=1S/C14H22N2O2/c1-7-14(5,6)12(17)16-9-11-15-8-10(18-11)13(2,3)4/h7-8H,1,9H2,2-6H3,(H,16,17). The normalized spacial score (nSPS) is 12.3. The predicted octanol–water partition coefficient (Wildman–Crippen LogP) is 2.80. The first-order chi connectivity index (χ1) is 8.16. The lowest BCUT2D eigenvalue weighted by molar-refractivity contribution is -0.127. The van der Waals surface area contributed by atoms with Gasteiger partial charge in [-0.3, -0.25) is 4.79 Å². The van der Waals surface area contributed by atoms with Crippen molar-refractivity contribution >= 4 is 5.91 Å². The van der Waals surface area contributed by atoms with Crippen LogP contribution in [0.4, 0.5) is 0 Å². The molecule has 0 fully saturated rings. The molecular weight excluding hydrogens is 228 g/mol. The Hall–Kier alpha value is -1.58. The number of nitrogens with one attached hydrogen (secondary N) is 1.